The third kappa shape index (κ3) is 1.84. The first-order valence-electron chi connectivity index (χ1n) is 4.44. The van der Waals surface area contributed by atoms with E-state index in [1.165, 1.54) is 12.3 Å². The van der Waals surface area contributed by atoms with Crippen LogP contribution in [0.4, 0.5) is 19.0 Å². The Morgan fingerprint density at radius 3 is 2.38 bits per heavy atom. The molecule has 0 atom stereocenters. The van der Waals surface area contributed by atoms with Crippen molar-refractivity contribution in [1.29, 1.82) is 0 Å². The maximum atomic E-state index is 13.3. The molecule has 0 saturated carbocycles. The summed E-state index contributed by atoms with van der Waals surface area (Å²) >= 11 is 0. The van der Waals surface area contributed by atoms with Crippen molar-refractivity contribution < 1.29 is 13.2 Å². The van der Waals surface area contributed by atoms with Crippen LogP contribution >= 0.6 is 0 Å². The first-order valence-corrected chi connectivity index (χ1v) is 4.44. The molecular weight excluding hydrogens is 217 g/mol. The first kappa shape index (κ1) is 10.5. The summed E-state index contributed by atoms with van der Waals surface area (Å²) in [5, 5.41) is 0. The summed E-state index contributed by atoms with van der Waals surface area (Å²) in [6, 6.07) is 4.09. The van der Waals surface area contributed by atoms with Gasteiger partial charge in [0.2, 0.25) is 0 Å². The molecule has 82 valence electrons. The standard InChI is InChI=1S/C11H7F3N2/c12-7-1-2-8(9(13)4-7)6-3-10(14)11(15)16-5-6/h1-5H,(H2,15,16). The molecule has 2 rings (SSSR count). The Labute approximate surface area is 89.5 Å². The van der Waals surface area contributed by atoms with Gasteiger partial charge in [-0.1, -0.05) is 0 Å². The minimum Gasteiger partial charge on any atom is -0.381 e. The molecule has 1 aromatic carbocycles. The molecule has 0 aliphatic rings. The molecule has 0 amide bonds. The molecule has 2 N–H and O–H groups in total. The van der Waals surface area contributed by atoms with E-state index in [0.29, 0.717) is 0 Å². The second kappa shape index (κ2) is 3.84. The zero-order valence-electron chi connectivity index (χ0n) is 8.05. The maximum absolute atomic E-state index is 13.3. The quantitative estimate of drug-likeness (QED) is 0.808. The molecular formula is C11H7F3N2. The molecule has 0 spiro atoms. The number of nitrogen functional groups attached to an aromatic ring is 1. The summed E-state index contributed by atoms with van der Waals surface area (Å²) in [7, 11) is 0. The average Bonchev–Trinajstić information content (AvgIpc) is 2.22. The van der Waals surface area contributed by atoms with E-state index in [4.69, 9.17) is 5.73 Å². The third-order valence-corrected chi connectivity index (χ3v) is 2.11. The zero-order valence-corrected chi connectivity index (χ0v) is 8.05. The van der Waals surface area contributed by atoms with Crippen molar-refractivity contribution in [1.82, 2.24) is 4.98 Å². The predicted molar refractivity (Wildman–Crippen MR) is 54.0 cm³/mol. The van der Waals surface area contributed by atoms with Gasteiger partial charge in [-0.15, -0.1) is 0 Å². The molecule has 0 unspecified atom stereocenters. The van der Waals surface area contributed by atoms with Gasteiger partial charge in [-0.05, 0) is 18.2 Å². The smallest absolute Gasteiger partial charge is 0.165 e. The van der Waals surface area contributed by atoms with Crippen LogP contribution < -0.4 is 5.73 Å². The minimum absolute atomic E-state index is 0.0767. The minimum atomic E-state index is -0.772. The summed E-state index contributed by atoms with van der Waals surface area (Å²) < 4.78 is 39.1. The van der Waals surface area contributed by atoms with Crippen LogP contribution in [0.2, 0.25) is 0 Å². The van der Waals surface area contributed by atoms with E-state index in [9.17, 15) is 13.2 Å². The third-order valence-electron chi connectivity index (χ3n) is 2.11. The normalized spacial score (nSPS) is 10.4. The predicted octanol–water partition coefficient (Wildman–Crippen LogP) is 2.75. The van der Waals surface area contributed by atoms with Crippen molar-refractivity contribution in [3.8, 4) is 11.1 Å². The molecule has 1 heterocycles. The second-order valence-corrected chi connectivity index (χ2v) is 3.22. The molecule has 2 nitrogen and oxygen atoms in total. The topological polar surface area (TPSA) is 38.9 Å². The van der Waals surface area contributed by atoms with Gasteiger partial charge in [0.1, 0.15) is 11.6 Å². The Morgan fingerprint density at radius 1 is 1.00 bits per heavy atom. The molecule has 0 bridgehead atoms. The number of nitrogens with two attached hydrogens (primary N) is 1. The number of anilines is 1. The highest BCUT2D eigenvalue weighted by atomic mass is 19.1. The van der Waals surface area contributed by atoms with Crippen LogP contribution in [0.5, 0.6) is 0 Å². The van der Waals surface area contributed by atoms with Crippen LogP contribution in [0.1, 0.15) is 0 Å². The molecule has 0 fully saturated rings. The molecule has 0 aliphatic carbocycles. The van der Waals surface area contributed by atoms with Crippen LogP contribution in [0.3, 0.4) is 0 Å². The lowest BCUT2D eigenvalue weighted by Gasteiger charge is -2.04. The van der Waals surface area contributed by atoms with Crippen molar-refractivity contribution in [2.45, 2.75) is 0 Å². The summed E-state index contributed by atoms with van der Waals surface area (Å²) in [6.45, 7) is 0. The van der Waals surface area contributed by atoms with Gasteiger partial charge < -0.3 is 5.73 Å². The molecule has 0 radical (unpaired) electrons. The van der Waals surface area contributed by atoms with Crippen LogP contribution in [-0.2, 0) is 0 Å². The Morgan fingerprint density at radius 2 is 1.75 bits per heavy atom. The highest BCUT2D eigenvalue weighted by Gasteiger charge is 2.09. The zero-order chi connectivity index (χ0) is 11.7. The lowest BCUT2D eigenvalue weighted by Crippen LogP contribution is -1.96. The average molecular weight is 224 g/mol. The highest BCUT2D eigenvalue weighted by molar-refractivity contribution is 5.64. The number of aromatic nitrogens is 1. The van der Waals surface area contributed by atoms with Crippen LogP contribution in [0, 0.1) is 17.5 Å². The van der Waals surface area contributed by atoms with Gasteiger partial charge in [0.25, 0.3) is 0 Å². The van der Waals surface area contributed by atoms with Crippen LogP contribution in [-0.4, -0.2) is 4.98 Å². The fourth-order valence-electron chi connectivity index (χ4n) is 1.32. The van der Waals surface area contributed by atoms with Crippen LogP contribution in [0.15, 0.2) is 30.5 Å². The van der Waals surface area contributed by atoms with Gasteiger partial charge in [-0.3, -0.25) is 0 Å². The Balaban J connectivity index is 2.54. The molecule has 0 saturated heterocycles. The summed E-state index contributed by atoms with van der Waals surface area (Å²) in [5.74, 6) is -2.46. The largest absolute Gasteiger partial charge is 0.381 e. The van der Waals surface area contributed by atoms with Crippen molar-refractivity contribution in [2.75, 3.05) is 5.73 Å². The maximum Gasteiger partial charge on any atom is 0.165 e. The molecule has 16 heavy (non-hydrogen) atoms. The number of hydrogen-bond acceptors (Lipinski definition) is 2. The molecule has 0 aliphatic heterocycles. The molecule has 5 heteroatoms. The highest BCUT2D eigenvalue weighted by Crippen LogP contribution is 2.24. The van der Waals surface area contributed by atoms with E-state index >= 15 is 0 Å². The summed E-state index contributed by atoms with van der Waals surface area (Å²) in [4.78, 5) is 3.56. The van der Waals surface area contributed by atoms with Gasteiger partial charge in [-0.2, -0.15) is 0 Å². The van der Waals surface area contributed by atoms with Gasteiger partial charge in [-0.25, -0.2) is 18.2 Å². The Hall–Kier alpha value is -2.04. The summed E-state index contributed by atoms with van der Waals surface area (Å²) in [5.41, 5.74) is 5.48. The lowest BCUT2D eigenvalue weighted by atomic mass is 10.1. The fourth-order valence-corrected chi connectivity index (χ4v) is 1.32. The molecule has 2 aromatic rings. The lowest BCUT2D eigenvalue weighted by molar-refractivity contribution is 0.585. The van der Waals surface area contributed by atoms with E-state index in [0.717, 1.165) is 18.2 Å². The van der Waals surface area contributed by atoms with E-state index in [1.807, 2.05) is 0 Å². The number of nitrogens with zero attached hydrogens (tertiary/aromatic N) is 1. The van der Waals surface area contributed by atoms with Crippen molar-refractivity contribution in [3.05, 3.63) is 47.9 Å². The Kier molecular flexibility index (Phi) is 2.52. The van der Waals surface area contributed by atoms with Gasteiger partial charge >= 0.3 is 0 Å². The molecule has 1 aromatic heterocycles. The number of benzene rings is 1. The van der Waals surface area contributed by atoms with Gasteiger partial charge in [0.15, 0.2) is 11.6 Å². The van der Waals surface area contributed by atoms with Crippen LogP contribution in [0.25, 0.3) is 11.1 Å². The first-order chi connectivity index (χ1) is 7.58. The van der Waals surface area contributed by atoms with E-state index in [-0.39, 0.29) is 16.9 Å². The van der Waals surface area contributed by atoms with Crippen molar-refractivity contribution in [3.63, 3.8) is 0 Å². The van der Waals surface area contributed by atoms with Gasteiger partial charge in [0, 0.05) is 23.4 Å². The van der Waals surface area contributed by atoms with E-state index in [1.54, 1.807) is 0 Å². The summed E-state index contributed by atoms with van der Waals surface area (Å²) in [6.07, 6.45) is 1.23. The Bertz CT molecular complexity index is 541. The van der Waals surface area contributed by atoms with Gasteiger partial charge in [0.05, 0.1) is 0 Å². The van der Waals surface area contributed by atoms with Crippen molar-refractivity contribution in [2.24, 2.45) is 0 Å². The number of pyridine rings is 1. The van der Waals surface area contributed by atoms with Crippen molar-refractivity contribution >= 4 is 5.82 Å². The monoisotopic (exact) mass is 224 g/mol. The second-order valence-electron chi connectivity index (χ2n) is 3.22. The van der Waals surface area contributed by atoms with E-state index in [2.05, 4.69) is 4.98 Å². The number of rotatable bonds is 1. The SMILES string of the molecule is Nc1ncc(-c2ccc(F)cc2F)cc1F. The number of hydrogen-bond donors (Lipinski definition) is 1. The number of halogens is 3. The van der Waals surface area contributed by atoms with E-state index < -0.39 is 17.5 Å². The fraction of sp³-hybridized carbons (Fsp3) is 0.